The Hall–Kier alpha value is -1.06. The topological polar surface area (TPSA) is 40.5 Å². The average molecular weight is 254 g/mol. The molecule has 1 aromatic carbocycles. The predicted octanol–water partition coefficient (Wildman–Crippen LogP) is 2.64. The highest BCUT2D eigenvalue weighted by molar-refractivity contribution is 6.30. The van der Waals surface area contributed by atoms with E-state index in [4.69, 9.17) is 16.7 Å². The zero-order valence-corrected chi connectivity index (χ0v) is 10.4. The molecule has 0 bridgehead atoms. The lowest BCUT2D eigenvalue weighted by Gasteiger charge is -2.30. The standard InChI is InChI=1S/C13H16ClNO2/c14-12-5-3-10(4-6-12)8-15-7-1-2-11(9-15)13(16)17/h3-6,11H,1-2,7-9H2,(H,16,17). The summed E-state index contributed by atoms with van der Waals surface area (Å²) in [6.07, 6.45) is 1.76. The number of hydrogen-bond donors (Lipinski definition) is 1. The molecule has 3 nitrogen and oxygen atoms in total. The molecule has 1 heterocycles. The average Bonchev–Trinajstić information content (AvgIpc) is 2.32. The molecule has 0 amide bonds. The summed E-state index contributed by atoms with van der Waals surface area (Å²) in [5, 5.41) is 9.75. The van der Waals surface area contributed by atoms with Crippen molar-refractivity contribution in [3.63, 3.8) is 0 Å². The third kappa shape index (κ3) is 3.45. The van der Waals surface area contributed by atoms with E-state index in [9.17, 15) is 4.79 Å². The van der Waals surface area contributed by atoms with E-state index in [-0.39, 0.29) is 5.92 Å². The molecule has 0 aromatic heterocycles. The molecule has 4 heteroatoms. The molecular formula is C13H16ClNO2. The lowest BCUT2D eigenvalue weighted by atomic mass is 9.98. The van der Waals surface area contributed by atoms with Crippen molar-refractivity contribution in [2.24, 2.45) is 5.92 Å². The second kappa shape index (κ2) is 5.52. The van der Waals surface area contributed by atoms with E-state index in [0.717, 1.165) is 31.0 Å². The minimum atomic E-state index is -0.675. The SMILES string of the molecule is O=C(O)C1CCCN(Cc2ccc(Cl)cc2)C1. The third-order valence-electron chi connectivity index (χ3n) is 3.17. The number of halogens is 1. The zero-order chi connectivity index (χ0) is 12.3. The monoisotopic (exact) mass is 253 g/mol. The van der Waals surface area contributed by atoms with Crippen LogP contribution < -0.4 is 0 Å². The molecule has 1 aliphatic heterocycles. The molecule has 1 saturated heterocycles. The van der Waals surface area contributed by atoms with Gasteiger partial charge in [0.25, 0.3) is 0 Å². The molecule has 0 saturated carbocycles. The van der Waals surface area contributed by atoms with Crippen LogP contribution in [0.5, 0.6) is 0 Å². The Morgan fingerprint density at radius 2 is 2.12 bits per heavy atom. The summed E-state index contributed by atoms with van der Waals surface area (Å²) in [6, 6.07) is 7.73. The predicted molar refractivity (Wildman–Crippen MR) is 67.1 cm³/mol. The Kier molecular flexibility index (Phi) is 4.02. The van der Waals surface area contributed by atoms with Gasteiger partial charge in [-0.3, -0.25) is 9.69 Å². The second-order valence-corrected chi connectivity index (χ2v) is 4.98. The fourth-order valence-corrected chi connectivity index (χ4v) is 2.37. The number of carbonyl (C=O) groups is 1. The van der Waals surface area contributed by atoms with Crippen molar-refractivity contribution in [1.82, 2.24) is 4.90 Å². The maximum absolute atomic E-state index is 11.0. The van der Waals surface area contributed by atoms with Gasteiger partial charge in [-0.1, -0.05) is 23.7 Å². The largest absolute Gasteiger partial charge is 0.481 e. The molecule has 92 valence electrons. The number of piperidine rings is 1. The summed E-state index contributed by atoms with van der Waals surface area (Å²) in [7, 11) is 0. The van der Waals surface area contributed by atoms with Gasteiger partial charge >= 0.3 is 5.97 Å². The van der Waals surface area contributed by atoms with Gasteiger partial charge in [-0.05, 0) is 37.1 Å². The minimum Gasteiger partial charge on any atom is -0.481 e. The third-order valence-corrected chi connectivity index (χ3v) is 3.43. The number of carboxylic acid groups (broad SMARTS) is 1. The van der Waals surface area contributed by atoms with Crippen molar-refractivity contribution >= 4 is 17.6 Å². The van der Waals surface area contributed by atoms with Crippen LogP contribution in [0.15, 0.2) is 24.3 Å². The summed E-state index contributed by atoms with van der Waals surface area (Å²) in [4.78, 5) is 13.2. The summed E-state index contributed by atoms with van der Waals surface area (Å²) < 4.78 is 0. The first-order valence-corrected chi connectivity index (χ1v) is 6.22. The smallest absolute Gasteiger partial charge is 0.307 e. The Morgan fingerprint density at radius 3 is 2.76 bits per heavy atom. The first kappa shape index (κ1) is 12.4. The van der Waals surface area contributed by atoms with Gasteiger partial charge in [0.05, 0.1) is 5.92 Å². The summed E-state index contributed by atoms with van der Waals surface area (Å²) >= 11 is 5.83. The lowest BCUT2D eigenvalue weighted by molar-refractivity contribution is -0.143. The molecule has 0 radical (unpaired) electrons. The van der Waals surface area contributed by atoms with Crippen molar-refractivity contribution in [3.05, 3.63) is 34.9 Å². The van der Waals surface area contributed by atoms with Crippen molar-refractivity contribution in [1.29, 1.82) is 0 Å². The second-order valence-electron chi connectivity index (χ2n) is 4.54. The maximum Gasteiger partial charge on any atom is 0.307 e. The van der Waals surface area contributed by atoms with E-state index in [1.807, 2.05) is 24.3 Å². The van der Waals surface area contributed by atoms with Crippen molar-refractivity contribution in [2.75, 3.05) is 13.1 Å². The van der Waals surface area contributed by atoms with Gasteiger partial charge in [-0.15, -0.1) is 0 Å². The molecule has 1 N–H and O–H groups in total. The lowest BCUT2D eigenvalue weighted by Crippen LogP contribution is -2.38. The van der Waals surface area contributed by atoms with Crippen LogP contribution >= 0.6 is 11.6 Å². The summed E-state index contributed by atoms with van der Waals surface area (Å²) in [5.74, 6) is -0.887. The van der Waals surface area contributed by atoms with E-state index in [1.165, 1.54) is 5.56 Å². The Balaban J connectivity index is 1.94. The first-order valence-electron chi connectivity index (χ1n) is 5.85. The van der Waals surface area contributed by atoms with Crippen LogP contribution in [0.25, 0.3) is 0 Å². The van der Waals surface area contributed by atoms with Crippen LogP contribution in [-0.2, 0) is 11.3 Å². The van der Waals surface area contributed by atoms with Crippen molar-refractivity contribution in [3.8, 4) is 0 Å². The number of hydrogen-bond acceptors (Lipinski definition) is 2. The molecule has 1 aliphatic rings. The van der Waals surface area contributed by atoms with Crippen molar-refractivity contribution < 1.29 is 9.90 Å². The number of benzene rings is 1. The summed E-state index contributed by atoms with van der Waals surface area (Å²) in [6.45, 7) is 2.44. The van der Waals surface area contributed by atoms with E-state index < -0.39 is 5.97 Å². The fraction of sp³-hybridized carbons (Fsp3) is 0.462. The first-order chi connectivity index (χ1) is 8.15. The van der Waals surface area contributed by atoms with E-state index >= 15 is 0 Å². The molecule has 1 aromatic rings. The Morgan fingerprint density at radius 1 is 1.41 bits per heavy atom. The van der Waals surface area contributed by atoms with Gasteiger partial charge in [-0.25, -0.2) is 0 Å². The highest BCUT2D eigenvalue weighted by Gasteiger charge is 2.25. The number of aliphatic carboxylic acids is 1. The molecule has 17 heavy (non-hydrogen) atoms. The van der Waals surface area contributed by atoms with E-state index in [2.05, 4.69) is 4.90 Å². The molecule has 1 unspecified atom stereocenters. The van der Waals surface area contributed by atoms with Crippen LogP contribution in [0.1, 0.15) is 18.4 Å². The molecule has 2 rings (SSSR count). The quantitative estimate of drug-likeness (QED) is 0.900. The van der Waals surface area contributed by atoms with Crippen LogP contribution in [0.4, 0.5) is 0 Å². The normalized spacial score (nSPS) is 21.4. The highest BCUT2D eigenvalue weighted by Crippen LogP contribution is 2.19. The van der Waals surface area contributed by atoms with Crippen LogP contribution in [0, 0.1) is 5.92 Å². The highest BCUT2D eigenvalue weighted by atomic mass is 35.5. The van der Waals surface area contributed by atoms with E-state index in [0.29, 0.717) is 6.54 Å². The molecule has 1 fully saturated rings. The van der Waals surface area contributed by atoms with Gasteiger partial charge in [0.1, 0.15) is 0 Å². The van der Waals surface area contributed by atoms with Crippen molar-refractivity contribution in [2.45, 2.75) is 19.4 Å². The summed E-state index contributed by atoms with van der Waals surface area (Å²) in [5.41, 5.74) is 1.18. The van der Waals surface area contributed by atoms with Gasteiger partial charge in [0.2, 0.25) is 0 Å². The van der Waals surface area contributed by atoms with Gasteiger partial charge in [0.15, 0.2) is 0 Å². The van der Waals surface area contributed by atoms with Crippen LogP contribution in [0.3, 0.4) is 0 Å². The van der Waals surface area contributed by atoms with Gasteiger partial charge in [0, 0.05) is 18.1 Å². The molecule has 0 aliphatic carbocycles. The Bertz CT molecular complexity index is 391. The van der Waals surface area contributed by atoms with E-state index in [1.54, 1.807) is 0 Å². The van der Waals surface area contributed by atoms with Gasteiger partial charge in [-0.2, -0.15) is 0 Å². The fourth-order valence-electron chi connectivity index (χ4n) is 2.25. The molecular weight excluding hydrogens is 238 g/mol. The van der Waals surface area contributed by atoms with Crippen LogP contribution in [0.2, 0.25) is 5.02 Å². The molecule has 1 atom stereocenters. The van der Waals surface area contributed by atoms with Gasteiger partial charge < -0.3 is 5.11 Å². The number of rotatable bonds is 3. The number of carboxylic acids is 1. The maximum atomic E-state index is 11.0. The van der Waals surface area contributed by atoms with Crippen LogP contribution in [-0.4, -0.2) is 29.1 Å². The number of likely N-dealkylation sites (tertiary alicyclic amines) is 1. The zero-order valence-electron chi connectivity index (χ0n) is 9.60. The number of nitrogens with zero attached hydrogens (tertiary/aromatic N) is 1. The molecule has 0 spiro atoms. The minimum absolute atomic E-state index is 0.212. The Labute approximate surface area is 106 Å².